The molecule has 0 saturated heterocycles. The zero-order valence-electron chi connectivity index (χ0n) is 12.3. The minimum Gasteiger partial charge on any atom is -0.318 e. The highest BCUT2D eigenvalue weighted by Gasteiger charge is 2.40. The summed E-state index contributed by atoms with van der Waals surface area (Å²) < 4.78 is 67.1. The normalized spacial score (nSPS) is 11.2. The van der Waals surface area contributed by atoms with Crippen LogP contribution >= 0.6 is 0 Å². The van der Waals surface area contributed by atoms with Gasteiger partial charge in [-0.15, -0.1) is 0 Å². The zero-order chi connectivity index (χ0) is 18.2. The SMILES string of the molecule is Cc1nn(C)c(C(=O)Nc2ccc(F)c(C#N)c2F)c1C(F)(F)F. The van der Waals surface area contributed by atoms with Crippen LogP contribution in [0.3, 0.4) is 0 Å². The van der Waals surface area contributed by atoms with Gasteiger partial charge in [0.2, 0.25) is 0 Å². The first kappa shape index (κ1) is 17.4. The van der Waals surface area contributed by atoms with E-state index in [-0.39, 0.29) is 0 Å². The molecule has 0 aliphatic rings. The lowest BCUT2D eigenvalue weighted by Crippen LogP contribution is -2.22. The standard InChI is InChI=1S/C14H9F5N4O/c1-6-10(14(17,18)19)12(23(2)22-6)13(24)21-9-4-3-8(15)7(5-20)11(9)16/h3-4H,1-2H3,(H,21,24). The molecular formula is C14H9F5N4O. The van der Waals surface area contributed by atoms with E-state index in [2.05, 4.69) is 5.10 Å². The predicted octanol–water partition coefficient (Wildman–Crippen LogP) is 3.15. The molecule has 0 saturated carbocycles. The predicted molar refractivity (Wildman–Crippen MR) is 72.0 cm³/mol. The fourth-order valence-electron chi connectivity index (χ4n) is 2.19. The minimum atomic E-state index is -4.84. The van der Waals surface area contributed by atoms with E-state index in [9.17, 15) is 26.7 Å². The number of benzene rings is 1. The number of carbonyl (C=O) groups excluding carboxylic acids is 1. The van der Waals surface area contributed by atoms with E-state index in [1.165, 1.54) is 6.07 Å². The second-order valence-electron chi connectivity index (χ2n) is 4.78. The molecule has 0 atom stereocenters. The largest absolute Gasteiger partial charge is 0.420 e. The van der Waals surface area contributed by atoms with Crippen molar-refractivity contribution < 1.29 is 26.7 Å². The molecule has 2 rings (SSSR count). The van der Waals surface area contributed by atoms with Crippen molar-refractivity contribution >= 4 is 11.6 Å². The second-order valence-corrected chi connectivity index (χ2v) is 4.78. The molecule has 0 unspecified atom stereocenters. The molecule has 5 nitrogen and oxygen atoms in total. The molecule has 2 aromatic rings. The number of anilines is 1. The van der Waals surface area contributed by atoms with Gasteiger partial charge in [-0.05, 0) is 19.1 Å². The lowest BCUT2D eigenvalue weighted by atomic mass is 10.1. The van der Waals surface area contributed by atoms with Gasteiger partial charge in [-0.2, -0.15) is 23.5 Å². The first-order chi connectivity index (χ1) is 11.1. The third-order valence-corrected chi connectivity index (χ3v) is 3.17. The van der Waals surface area contributed by atoms with Gasteiger partial charge in [0.05, 0.1) is 11.4 Å². The van der Waals surface area contributed by atoms with Gasteiger partial charge in [-0.1, -0.05) is 0 Å². The number of rotatable bonds is 2. The van der Waals surface area contributed by atoms with Crippen LogP contribution in [-0.4, -0.2) is 15.7 Å². The third kappa shape index (κ3) is 2.92. The molecule has 1 aromatic carbocycles. The van der Waals surface area contributed by atoms with Gasteiger partial charge >= 0.3 is 6.18 Å². The smallest absolute Gasteiger partial charge is 0.318 e. The molecule has 0 aliphatic carbocycles. The average Bonchev–Trinajstić information content (AvgIpc) is 2.77. The zero-order valence-corrected chi connectivity index (χ0v) is 12.3. The number of hydrogen-bond acceptors (Lipinski definition) is 3. The van der Waals surface area contributed by atoms with Gasteiger partial charge < -0.3 is 5.32 Å². The number of nitriles is 1. The Hall–Kier alpha value is -2.96. The van der Waals surface area contributed by atoms with Crippen molar-refractivity contribution in [3.05, 3.63) is 46.3 Å². The van der Waals surface area contributed by atoms with Crippen LogP contribution in [0.1, 0.15) is 27.3 Å². The Morgan fingerprint density at radius 2 is 1.96 bits per heavy atom. The molecule has 0 radical (unpaired) electrons. The van der Waals surface area contributed by atoms with Crippen LogP contribution in [0.15, 0.2) is 12.1 Å². The summed E-state index contributed by atoms with van der Waals surface area (Å²) in [5.41, 5.74) is -4.09. The highest BCUT2D eigenvalue weighted by atomic mass is 19.4. The summed E-state index contributed by atoms with van der Waals surface area (Å²) in [6.07, 6.45) is -4.84. The fraction of sp³-hybridized carbons (Fsp3) is 0.214. The minimum absolute atomic E-state index is 0.424. The number of aromatic nitrogens is 2. The van der Waals surface area contributed by atoms with Gasteiger partial charge in [-0.3, -0.25) is 9.48 Å². The second kappa shape index (κ2) is 5.92. The van der Waals surface area contributed by atoms with E-state index in [0.29, 0.717) is 4.68 Å². The maximum absolute atomic E-state index is 13.9. The number of aryl methyl sites for hydroxylation is 2. The monoisotopic (exact) mass is 344 g/mol. The Bertz CT molecular complexity index is 864. The summed E-state index contributed by atoms with van der Waals surface area (Å²) in [5, 5.41) is 14.1. The first-order valence-electron chi connectivity index (χ1n) is 6.38. The summed E-state index contributed by atoms with van der Waals surface area (Å²) in [7, 11) is 1.12. The highest BCUT2D eigenvalue weighted by molar-refractivity contribution is 6.04. The highest BCUT2D eigenvalue weighted by Crippen LogP contribution is 2.34. The molecule has 1 heterocycles. The van der Waals surface area contributed by atoms with Crippen LogP contribution in [-0.2, 0) is 13.2 Å². The van der Waals surface area contributed by atoms with Crippen LogP contribution in [0.2, 0.25) is 0 Å². The summed E-state index contributed by atoms with van der Waals surface area (Å²) in [6, 6.07) is 2.79. The molecule has 1 aromatic heterocycles. The van der Waals surface area contributed by atoms with Crippen LogP contribution in [0.4, 0.5) is 27.6 Å². The van der Waals surface area contributed by atoms with E-state index in [1.54, 1.807) is 0 Å². The summed E-state index contributed by atoms with van der Waals surface area (Å²) in [5.74, 6) is -3.82. The molecule has 0 fully saturated rings. The van der Waals surface area contributed by atoms with E-state index >= 15 is 0 Å². The Morgan fingerprint density at radius 3 is 2.50 bits per heavy atom. The van der Waals surface area contributed by atoms with Crippen molar-refractivity contribution in [3.63, 3.8) is 0 Å². The van der Waals surface area contributed by atoms with Crippen molar-refractivity contribution in [2.45, 2.75) is 13.1 Å². The number of nitrogens with zero attached hydrogens (tertiary/aromatic N) is 3. The first-order valence-corrected chi connectivity index (χ1v) is 6.38. The van der Waals surface area contributed by atoms with Gasteiger partial charge in [-0.25, -0.2) is 8.78 Å². The molecule has 0 aliphatic heterocycles. The number of nitrogens with one attached hydrogen (secondary N) is 1. The van der Waals surface area contributed by atoms with Crippen LogP contribution < -0.4 is 5.32 Å². The molecule has 0 bridgehead atoms. The Balaban J connectivity index is 2.48. The maximum atomic E-state index is 13.9. The molecule has 10 heteroatoms. The number of amides is 1. The molecule has 0 spiro atoms. The molecule has 1 N–H and O–H groups in total. The maximum Gasteiger partial charge on any atom is 0.420 e. The fourth-order valence-corrected chi connectivity index (χ4v) is 2.19. The van der Waals surface area contributed by atoms with Crippen molar-refractivity contribution in [2.24, 2.45) is 7.05 Å². The topological polar surface area (TPSA) is 70.7 Å². The van der Waals surface area contributed by atoms with Crippen molar-refractivity contribution in [3.8, 4) is 6.07 Å². The lowest BCUT2D eigenvalue weighted by molar-refractivity contribution is -0.138. The lowest BCUT2D eigenvalue weighted by Gasteiger charge is -2.11. The molecule has 24 heavy (non-hydrogen) atoms. The van der Waals surface area contributed by atoms with E-state index in [0.717, 1.165) is 26.1 Å². The van der Waals surface area contributed by atoms with Crippen molar-refractivity contribution in [1.82, 2.24) is 9.78 Å². The van der Waals surface area contributed by atoms with Gasteiger partial charge in [0.15, 0.2) is 5.82 Å². The van der Waals surface area contributed by atoms with E-state index in [1.807, 2.05) is 5.32 Å². The molecular weight excluding hydrogens is 335 g/mol. The third-order valence-electron chi connectivity index (χ3n) is 3.17. The van der Waals surface area contributed by atoms with E-state index < -0.39 is 51.9 Å². The number of halogens is 5. The summed E-state index contributed by atoms with van der Waals surface area (Å²) in [6.45, 7) is 1.08. The van der Waals surface area contributed by atoms with Crippen LogP contribution in [0.5, 0.6) is 0 Å². The molecule has 1 amide bonds. The average molecular weight is 344 g/mol. The van der Waals surface area contributed by atoms with Crippen molar-refractivity contribution in [1.29, 1.82) is 5.26 Å². The van der Waals surface area contributed by atoms with Crippen LogP contribution in [0.25, 0.3) is 0 Å². The Morgan fingerprint density at radius 1 is 1.33 bits per heavy atom. The van der Waals surface area contributed by atoms with Gasteiger partial charge in [0.25, 0.3) is 5.91 Å². The van der Waals surface area contributed by atoms with Crippen molar-refractivity contribution in [2.75, 3.05) is 5.32 Å². The quantitative estimate of drug-likeness (QED) is 0.851. The Labute approximate surface area is 132 Å². The number of carbonyl (C=O) groups is 1. The summed E-state index contributed by atoms with van der Waals surface area (Å²) in [4.78, 5) is 12.1. The Kier molecular flexibility index (Phi) is 4.29. The number of alkyl halides is 3. The van der Waals surface area contributed by atoms with Gasteiger partial charge in [0.1, 0.15) is 28.7 Å². The molecule has 126 valence electrons. The van der Waals surface area contributed by atoms with Crippen LogP contribution in [0, 0.1) is 29.9 Å². The summed E-state index contributed by atoms with van der Waals surface area (Å²) >= 11 is 0. The van der Waals surface area contributed by atoms with Gasteiger partial charge in [0, 0.05) is 7.05 Å². The number of hydrogen-bond donors (Lipinski definition) is 1. The van der Waals surface area contributed by atoms with E-state index in [4.69, 9.17) is 5.26 Å².